The fourth-order valence-electron chi connectivity index (χ4n) is 1.15. The smallest absolute Gasteiger partial charge is 0.279 e. The zero-order valence-corrected chi connectivity index (χ0v) is 10.5. The Morgan fingerprint density at radius 2 is 2.24 bits per heavy atom. The van der Waals surface area contributed by atoms with E-state index in [1.165, 1.54) is 11.3 Å². The Morgan fingerprint density at radius 3 is 2.76 bits per heavy atom. The Bertz CT molecular complexity index is 532. The number of rotatable bonds is 3. The van der Waals surface area contributed by atoms with Crippen LogP contribution in [-0.4, -0.2) is 21.3 Å². The minimum atomic E-state index is -0.340. The molecule has 0 aromatic carbocycles. The second-order valence-corrected chi connectivity index (χ2v) is 4.89. The van der Waals surface area contributed by atoms with E-state index in [2.05, 4.69) is 20.7 Å². The van der Waals surface area contributed by atoms with E-state index in [1.807, 2.05) is 13.8 Å². The summed E-state index contributed by atoms with van der Waals surface area (Å²) in [5.41, 5.74) is 0.240. The normalized spacial score (nSPS) is 10.8. The fraction of sp³-hybridized carbons (Fsp3) is 0.400. The summed E-state index contributed by atoms with van der Waals surface area (Å²) < 4.78 is 4.82. The van der Waals surface area contributed by atoms with Crippen LogP contribution in [0.1, 0.15) is 41.0 Å². The molecule has 2 heterocycles. The molecular formula is C10H12N4O2S. The SMILES string of the molecule is Cc1cc(C(=O)Nc2nnc(C(C)C)s2)no1. The molecule has 0 aliphatic carbocycles. The maximum atomic E-state index is 11.7. The van der Waals surface area contributed by atoms with Crippen LogP contribution in [-0.2, 0) is 0 Å². The Hall–Kier alpha value is -1.76. The van der Waals surface area contributed by atoms with Gasteiger partial charge in [-0.2, -0.15) is 0 Å². The number of amides is 1. The van der Waals surface area contributed by atoms with Crippen molar-refractivity contribution in [3.05, 3.63) is 22.5 Å². The zero-order valence-electron chi connectivity index (χ0n) is 9.72. The molecular weight excluding hydrogens is 240 g/mol. The van der Waals surface area contributed by atoms with Gasteiger partial charge >= 0.3 is 0 Å². The lowest BCUT2D eigenvalue weighted by atomic mass is 10.2. The molecule has 0 saturated carbocycles. The third kappa shape index (κ3) is 2.68. The maximum absolute atomic E-state index is 11.7. The van der Waals surface area contributed by atoms with Gasteiger partial charge in [0.2, 0.25) is 5.13 Å². The van der Waals surface area contributed by atoms with Crippen molar-refractivity contribution in [2.75, 3.05) is 5.32 Å². The molecule has 0 fully saturated rings. The van der Waals surface area contributed by atoms with Gasteiger partial charge in [0.05, 0.1) is 0 Å². The second-order valence-electron chi connectivity index (χ2n) is 3.88. The first-order valence-electron chi connectivity index (χ1n) is 5.14. The lowest BCUT2D eigenvalue weighted by Crippen LogP contribution is -2.11. The monoisotopic (exact) mass is 252 g/mol. The molecule has 2 rings (SSSR count). The molecule has 0 spiro atoms. The Labute approximate surface area is 102 Å². The number of hydrogen-bond donors (Lipinski definition) is 1. The highest BCUT2D eigenvalue weighted by Gasteiger charge is 2.14. The molecule has 90 valence electrons. The molecule has 2 aromatic heterocycles. The van der Waals surface area contributed by atoms with Gasteiger partial charge in [0, 0.05) is 12.0 Å². The maximum Gasteiger partial charge on any atom is 0.279 e. The van der Waals surface area contributed by atoms with Gasteiger partial charge in [-0.1, -0.05) is 30.3 Å². The van der Waals surface area contributed by atoms with Crippen molar-refractivity contribution < 1.29 is 9.32 Å². The van der Waals surface area contributed by atoms with Crippen LogP contribution in [0.15, 0.2) is 10.6 Å². The number of nitrogens with one attached hydrogen (secondary N) is 1. The second kappa shape index (κ2) is 4.62. The number of carbonyl (C=O) groups is 1. The van der Waals surface area contributed by atoms with Crippen molar-refractivity contribution in [1.29, 1.82) is 0 Å². The van der Waals surface area contributed by atoms with Gasteiger partial charge in [0.1, 0.15) is 10.8 Å². The van der Waals surface area contributed by atoms with Crippen LogP contribution in [0.5, 0.6) is 0 Å². The standard InChI is InChI=1S/C10H12N4O2S/c1-5(2)9-12-13-10(17-9)11-8(15)7-4-6(3)16-14-7/h4-5H,1-3H3,(H,11,13,15). The summed E-state index contributed by atoms with van der Waals surface area (Å²) in [6, 6.07) is 1.57. The molecule has 0 aliphatic heterocycles. The van der Waals surface area contributed by atoms with Crippen molar-refractivity contribution in [2.45, 2.75) is 26.7 Å². The quantitative estimate of drug-likeness (QED) is 0.905. The first kappa shape index (κ1) is 11.7. The third-order valence-electron chi connectivity index (χ3n) is 2.02. The minimum absolute atomic E-state index is 0.240. The molecule has 2 aromatic rings. The average Bonchev–Trinajstić information content (AvgIpc) is 2.86. The van der Waals surface area contributed by atoms with Crippen LogP contribution in [0, 0.1) is 6.92 Å². The predicted octanol–water partition coefficient (Wildman–Crippen LogP) is 2.21. The van der Waals surface area contributed by atoms with E-state index in [9.17, 15) is 4.79 Å². The largest absolute Gasteiger partial charge is 0.361 e. The highest BCUT2D eigenvalue weighted by Crippen LogP contribution is 2.22. The van der Waals surface area contributed by atoms with Crippen LogP contribution >= 0.6 is 11.3 Å². The Kier molecular flexibility index (Phi) is 3.19. The van der Waals surface area contributed by atoms with Gasteiger partial charge in [-0.15, -0.1) is 10.2 Å². The summed E-state index contributed by atoms with van der Waals surface area (Å²) in [5.74, 6) is 0.552. The zero-order chi connectivity index (χ0) is 12.4. The van der Waals surface area contributed by atoms with Crippen LogP contribution < -0.4 is 5.32 Å². The van der Waals surface area contributed by atoms with Crippen LogP contribution in [0.2, 0.25) is 0 Å². The van der Waals surface area contributed by atoms with E-state index < -0.39 is 0 Å². The number of aryl methyl sites for hydroxylation is 1. The summed E-state index contributed by atoms with van der Waals surface area (Å²) in [5, 5.41) is 15.5. The summed E-state index contributed by atoms with van der Waals surface area (Å²) in [7, 11) is 0. The molecule has 1 amide bonds. The van der Waals surface area contributed by atoms with E-state index in [0.29, 0.717) is 16.8 Å². The summed E-state index contributed by atoms with van der Waals surface area (Å²) in [6.07, 6.45) is 0. The lowest BCUT2D eigenvalue weighted by molar-refractivity contribution is 0.101. The van der Waals surface area contributed by atoms with Crippen LogP contribution in [0.4, 0.5) is 5.13 Å². The summed E-state index contributed by atoms with van der Waals surface area (Å²) in [4.78, 5) is 11.7. The van der Waals surface area contributed by atoms with E-state index in [4.69, 9.17) is 4.52 Å². The molecule has 7 heteroatoms. The molecule has 0 atom stereocenters. The van der Waals surface area contributed by atoms with Crippen molar-refractivity contribution >= 4 is 22.4 Å². The average molecular weight is 252 g/mol. The van der Waals surface area contributed by atoms with Crippen molar-refractivity contribution in [3.63, 3.8) is 0 Å². The number of carbonyl (C=O) groups excluding carboxylic acids is 1. The molecule has 0 radical (unpaired) electrons. The number of aromatic nitrogens is 3. The molecule has 0 unspecified atom stereocenters. The number of hydrogen-bond acceptors (Lipinski definition) is 6. The number of nitrogens with zero attached hydrogens (tertiary/aromatic N) is 3. The van der Waals surface area contributed by atoms with E-state index in [0.717, 1.165) is 5.01 Å². The van der Waals surface area contributed by atoms with Gasteiger partial charge in [0.15, 0.2) is 5.69 Å². The van der Waals surface area contributed by atoms with Gasteiger partial charge < -0.3 is 4.52 Å². The van der Waals surface area contributed by atoms with Crippen molar-refractivity contribution in [1.82, 2.24) is 15.4 Å². The Morgan fingerprint density at radius 1 is 1.47 bits per heavy atom. The first-order valence-corrected chi connectivity index (χ1v) is 5.96. The number of anilines is 1. The van der Waals surface area contributed by atoms with Crippen LogP contribution in [0.3, 0.4) is 0 Å². The van der Waals surface area contributed by atoms with Gasteiger partial charge in [-0.25, -0.2) is 0 Å². The Balaban J connectivity index is 2.07. The summed E-state index contributed by atoms with van der Waals surface area (Å²) >= 11 is 1.36. The molecule has 0 aliphatic rings. The molecule has 0 bridgehead atoms. The lowest BCUT2D eigenvalue weighted by Gasteiger charge is -1.96. The minimum Gasteiger partial charge on any atom is -0.361 e. The van der Waals surface area contributed by atoms with Crippen LogP contribution in [0.25, 0.3) is 0 Å². The molecule has 1 N–H and O–H groups in total. The van der Waals surface area contributed by atoms with E-state index >= 15 is 0 Å². The highest BCUT2D eigenvalue weighted by atomic mass is 32.1. The van der Waals surface area contributed by atoms with Crippen molar-refractivity contribution in [3.8, 4) is 0 Å². The molecule has 0 saturated heterocycles. The van der Waals surface area contributed by atoms with Gasteiger partial charge in [0.25, 0.3) is 5.91 Å². The topological polar surface area (TPSA) is 80.9 Å². The van der Waals surface area contributed by atoms with E-state index in [1.54, 1.807) is 13.0 Å². The predicted molar refractivity (Wildman–Crippen MR) is 63.2 cm³/mol. The summed E-state index contributed by atoms with van der Waals surface area (Å²) in [6.45, 7) is 5.77. The fourth-order valence-corrected chi connectivity index (χ4v) is 1.89. The highest BCUT2D eigenvalue weighted by molar-refractivity contribution is 7.15. The first-order chi connectivity index (χ1) is 8.06. The molecule has 17 heavy (non-hydrogen) atoms. The van der Waals surface area contributed by atoms with Crippen molar-refractivity contribution in [2.24, 2.45) is 0 Å². The molecule has 6 nitrogen and oxygen atoms in total. The van der Waals surface area contributed by atoms with Gasteiger partial charge in [-0.3, -0.25) is 10.1 Å². The van der Waals surface area contributed by atoms with Gasteiger partial charge in [-0.05, 0) is 6.92 Å². The van der Waals surface area contributed by atoms with E-state index in [-0.39, 0.29) is 11.6 Å². The third-order valence-corrected chi connectivity index (χ3v) is 3.15.